The standard InChI is InChI=1S/C12H12FN3O3/c1-8-2-11(15-19-8)7-14-6-9-3-10(13)5-12(4-9)16(17)18/h2-5,14H,6-7H2,1H3. The van der Waals surface area contributed by atoms with Gasteiger partial charge in [0, 0.05) is 25.2 Å². The minimum Gasteiger partial charge on any atom is -0.361 e. The van der Waals surface area contributed by atoms with E-state index < -0.39 is 10.7 Å². The summed E-state index contributed by atoms with van der Waals surface area (Å²) in [5, 5.41) is 17.4. The molecule has 2 rings (SSSR count). The Bertz CT molecular complexity index is 598. The van der Waals surface area contributed by atoms with Crippen LogP contribution in [0.3, 0.4) is 0 Å². The highest BCUT2D eigenvalue weighted by atomic mass is 19.1. The van der Waals surface area contributed by atoms with Gasteiger partial charge in [-0.1, -0.05) is 5.16 Å². The van der Waals surface area contributed by atoms with E-state index >= 15 is 0 Å². The Hall–Kier alpha value is -2.28. The van der Waals surface area contributed by atoms with Crippen LogP contribution >= 0.6 is 0 Å². The minimum absolute atomic E-state index is 0.255. The highest BCUT2D eigenvalue weighted by Crippen LogP contribution is 2.16. The number of aryl methyl sites for hydroxylation is 1. The minimum atomic E-state index is -0.622. The van der Waals surface area contributed by atoms with E-state index in [1.54, 1.807) is 13.0 Å². The fourth-order valence-corrected chi connectivity index (χ4v) is 1.68. The van der Waals surface area contributed by atoms with E-state index in [0.29, 0.717) is 24.4 Å². The summed E-state index contributed by atoms with van der Waals surface area (Å²) in [6.07, 6.45) is 0. The van der Waals surface area contributed by atoms with Gasteiger partial charge in [0.1, 0.15) is 11.6 Å². The van der Waals surface area contributed by atoms with Crippen LogP contribution in [0.15, 0.2) is 28.8 Å². The van der Waals surface area contributed by atoms with Gasteiger partial charge in [0.2, 0.25) is 0 Å². The summed E-state index contributed by atoms with van der Waals surface area (Å²) in [5.41, 5.74) is 0.976. The fourth-order valence-electron chi connectivity index (χ4n) is 1.68. The van der Waals surface area contributed by atoms with Crippen molar-refractivity contribution in [3.8, 4) is 0 Å². The average molecular weight is 265 g/mol. The van der Waals surface area contributed by atoms with Crippen molar-refractivity contribution in [2.45, 2.75) is 20.0 Å². The Morgan fingerprint density at radius 3 is 2.79 bits per heavy atom. The molecule has 0 saturated carbocycles. The van der Waals surface area contributed by atoms with Gasteiger partial charge < -0.3 is 9.84 Å². The van der Waals surface area contributed by atoms with Crippen molar-refractivity contribution < 1.29 is 13.8 Å². The van der Waals surface area contributed by atoms with Crippen LogP contribution in [0, 0.1) is 22.9 Å². The molecular weight excluding hydrogens is 253 g/mol. The maximum Gasteiger partial charge on any atom is 0.272 e. The SMILES string of the molecule is Cc1cc(CNCc2cc(F)cc([N+](=O)[O-])c2)no1. The number of aromatic nitrogens is 1. The average Bonchev–Trinajstić information content (AvgIpc) is 2.74. The summed E-state index contributed by atoms with van der Waals surface area (Å²) < 4.78 is 18.1. The van der Waals surface area contributed by atoms with E-state index in [1.165, 1.54) is 12.1 Å². The quantitative estimate of drug-likeness (QED) is 0.662. The van der Waals surface area contributed by atoms with E-state index in [-0.39, 0.29) is 5.69 Å². The van der Waals surface area contributed by atoms with Gasteiger partial charge in [0.05, 0.1) is 16.7 Å². The van der Waals surface area contributed by atoms with Crippen molar-refractivity contribution >= 4 is 5.69 Å². The van der Waals surface area contributed by atoms with E-state index in [0.717, 1.165) is 11.8 Å². The first kappa shape index (κ1) is 13.2. The van der Waals surface area contributed by atoms with Crippen molar-refractivity contribution in [3.05, 3.63) is 57.2 Å². The van der Waals surface area contributed by atoms with Crippen LogP contribution in [0.1, 0.15) is 17.0 Å². The highest BCUT2D eigenvalue weighted by molar-refractivity contribution is 5.35. The van der Waals surface area contributed by atoms with Gasteiger partial charge in [-0.15, -0.1) is 0 Å². The third-order valence-corrected chi connectivity index (χ3v) is 2.47. The monoisotopic (exact) mass is 265 g/mol. The van der Waals surface area contributed by atoms with Crippen molar-refractivity contribution in [2.75, 3.05) is 0 Å². The maximum absolute atomic E-state index is 13.2. The lowest BCUT2D eigenvalue weighted by atomic mass is 10.2. The maximum atomic E-state index is 13.2. The lowest BCUT2D eigenvalue weighted by molar-refractivity contribution is -0.385. The van der Waals surface area contributed by atoms with Crippen LogP contribution in [-0.4, -0.2) is 10.1 Å². The molecule has 19 heavy (non-hydrogen) atoms. The van der Waals surface area contributed by atoms with Gasteiger partial charge in [0.15, 0.2) is 0 Å². The molecule has 1 heterocycles. The molecule has 0 aliphatic heterocycles. The number of hydrogen-bond acceptors (Lipinski definition) is 5. The first-order chi connectivity index (χ1) is 9.04. The molecule has 0 aliphatic carbocycles. The topological polar surface area (TPSA) is 81.2 Å². The number of nitrogens with one attached hydrogen (secondary N) is 1. The zero-order valence-electron chi connectivity index (χ0n) is 10.2. The molecule has 6 nitrogen and oxygen atoms in total. The number of nitro groups is 1. The second-order valence-electron chi connectivity index (χ2n) is 4.11. The van der Waals surface area contributed by atoms with Crippen LogP contribution in [0.2, 0.25) is 0 Å². The molecule has 1 N–H and O–H groups in total. The molecule has 0 atom stereocenters. The molecule has 0 saturated heterocycles. The number of hydrogen-bond donors (Lipinski definition) is 1. The third kappa shape index (κ3) is 3.59. The normalized spacial score (nSPS) is 10.6. The molecule has 0 spiro atoms. The van der Waals surface area contributed by atoms with Crippen molar-refractivity contribution in [1.29, 1.82) is 0 Å². The first-order valence-corrected chi connectivity index (χ1v) is 5.61. The van der Waals surface area contributed by atoms with Gasteiger partial charge in [-0.25, -0.2) is 4.39 Å². The number of halogens is 1. The number of nitro benzene ring substituents is 1. The highest BCUT2D eigenvalue weighted by Gasteiger charge is 2.09. The smallest absolute Gasteiger partial charge is 0.272 e. The van der Waals surface area contributed by atoms with Crippen LogP contribution < -0.4 is 5.32 Å². The number of nitrogens with zero attached hydrogens (tertiary/aromatic N) is 2. The molecule has 0 fully saturated rings. The Morgan fingerprint density at radius 2 is 2.16 bits per heavy atom. The molecule has 1 aromatic heterocycles. The molecule has 2 aromatic rings. The molecule has 0 radical (unpaired) electrons. The Morgan fingerprint density at radius 1 is 1.37 bits per heavy atom. The van der Waals surface area contributed by atoms with Gasteiger partial charge in [0.25, 0.3) is 5.69 Å². The summed E-state index contributed by atoms with van der Waals surface area (Å²) in [6, 6.07) is 5.27. The van der Waals surface area contributed by atoms with E-state index in [2.05, 4.69) is 10.5 Å². The molecule has 0 bridgehead atoms. The predicted molar refractivity (Wildman–Crippen MR) is 64.8 cm³/mol. The summed E-state index contributed by atoms with van der Waals surface area (Å²) in [6.45, 7) is 2.54. The van der Waals surface area contributed by atoms with Crippen molar-refractivity contribution in [2.24, 2.45) is 0 Å². The molecule has 100 valence electrons. The number of non-ortho nitro benzene ring substituents is 1. The third-order valence-electron chi connectivity index (χ3n) is 2.47. The molecule has 1 aromatic carbocycles. The van der Waals surface area contributed by atoms with Crippen LogP contribution in [0.25, 0.3) is 0 Å². The lowest BCUT2D eigenvalue weighted by Gasteiger charge is -2.03. The van der Waals surface area contributed by atoms with E-state index in [4.69, 9.17) is 4.52 Å². The van der Waals surface area contributed by atoms with Gasteiger partial charge in [-0.05, 0) is 18.6 Å². The number of rotatable bonds is 5. The second kappa shape index (κ2) is 5.57. The molecule has 0 amide bonds. The van der Waals surface area contributed by atoms with Crippen LogP contribution in [0.5, 0.6) is 0 Å². The van der Waals surface area contributed by atoms with Gasteiger partial charge >= 0.3 is 0 Å². The van der Waals surface area contributed by atoms with Crippen LogP contribution in [-0.2, 0) is 13.1 Å². The number of benzene rings is 1. The molecule has 0 aliphatic rings. The predicted octanol–water partition coefficient (Wildman–Crippen LogP) is 2.32. The van der Waals surface area contributed by atoms with Gasteiger partial charge in [-0.2, -0.15) is 0 Å². The summed E-state index contributed by atoms with van der Waals surface area (Å²) in [4.78, 5) is 9.98. The van der Waals surface area contributed by atoms with Crippen molar-refractivity contribution in [3.63, 3.8) is 0 Å². The first-order valence-electron chi connectivity index (χ1n) is 5.61. The van der Waals surface area contributed by atoms with E-state index in [1.807, 2.05) is 0 Å². The molecule has 0 unspecified atom stereocenters. The Kier molecular flexibility index (Phi) is 3.86. The van der Waals surface area contributed by atoms with Crippen LogP contribution in [0.4, 0.5) is 10.1 Å². The lowest BCUT2D eigenvalue weighted by Crippen LogP contribution is -2.13. The summed E-state index contributed by atoms with van der Waals surface area (Å²) >= 11 is 0. The zero-order chi connectivity index (χ0) is 13.8. The molecular formula is C12H12FN3O3. The van der Waals surface area contributed by atoms with Crippen molar-refractivity contribution in [1.82, 2.24) is 10.5 Å². The summed E-state index contributed by atoms with van der Waals surface area (Å²) in [7, 11) is 0. The van der Waals surface area contributed by atoms with Gasteiger partial charge in [-0.3, -0.25) is 10.1 Å². The Labute approximate surface area is 108 Å². The second-order valence-corrected chi connectivity index (χ2v) is 4.11. The summed E-state index contributed by atoms with van der Waals surface area (Å²) in [5.74, 6) is 0.0847. The fraction of sp³-hybridized carbons (Fsp3) is 0.250. The largest absolute Gasteiger partial charge is 0.361 e. The zero-order valence-corrected chi connectivity index (χ0v) is 10.2. The Balaban J connectivity index is 1.97. The van der Waals surface area contributed by atoms with E-state index in [9.17, 15) is 14.5 Å². The molecule has 7 heteroatoms.